The van der Waals surface area contributed by atoms with E-state index in [2.05, 4.69) is 5.10 Å². The molecule has 0 bridgehead atoms. The van der Waals surface area contributed by atoms with Crippen LogP contribution in [-0.2, 0) is 76.7 Å². The molecule has 2 aromatic carbocycles. The van der Waals surface area contributed by atoms with Crippen molar-refractivity contribution in [2.45, 2.75) is 170 Å². The van der Waals surface area contributed by atoms with Crippen LogP contribution in [0.4, 0.5) is 0 Å². The zero-order chi connectivity index (χ0) is 57.6. The van der Waals surface area contributed by atoms with E-state index in [1.165, 1.54) is 55.2 Å². The number of cyclic esters (lactones) is 4. The predicted octanol–water partition coefficient (Wildman–Crippen LogP) is 6.11. The molecule has 4 amide bonds. The molecule has 1 saturated heterocycles. The normalized spacial score (nSPS) is 23.6. The number of likely N-dealkylation sites (N-methyl/N-ethyl adjacent to an activating group) is 4. The number of aromatic nitrogens is 2. The van der Waals surface area contributed by atoms with Gasteiger partial charge in [-0.25, -0.2) is 19.2 Å². The van der Waals surface area contributed by atoms with Gasteiger partial charge >= 0.3 is 23.9 Å². The van der Waals surface area contributed by atoms with E-state index in [9.17, 15) is 43.2 Å². The highest BCUT2D eigenvalue weighted by Gasteiger charge is 2.43. The standard InChI is InChI=1S/C58H82N6O13/c1-34(2)25-45-55(70)74-40(11)52(67)61(13)48(28-37(7)8)58(73)77-50(30-42-21-23-43(24-22-42)32-64-33-44(31-59-64)38(9)65)54(69)63(15)46(26-35(3)4)56(71)75-39(10)51(66)60(12)47(27-36(5)6)57(72)76-49(53(68)62(45)14)29-41-19-17-16-18-20-41/h16-24,31,33-37,39-40,45-50H,25-30,32H2,1-15H3/t39-,40-,45+,46+,47+,48+,49-,50-/m1/s1. The maximum atomic E-state index is 15.0. The maximum Gasteiger partial charge on any atom is 0.329 e. The van der Waals surface area contributed by atoms with Gasteiger partial charge in [0, 0.05) is 47.2 Å². The lowest BCUT2D eigenvalue weighted by Crippen LogP contribution is -2.55. The third kappa shape index (κ3) is 17.8. The van der Waals surface area contributed by atoms with Gasteiger partial charge in [0.05, 0.1) is 18.3 Å². The van der Waals surface area contributed by atoms with Crippen molar-refractivity contribution in [1.82, 2.24) is 29.4 Å². The molecule has 1 aliphatic heterocycles. The highest BCUT2D eigenvalue weighted by molar-refractivity contribution is 5.95. The molecule has 8 atom stereocenters. The van der Waals surface area contributed by atoms with E-state index >= 15 is 0 Å². The first-order valence-electron chi connectivity index (χ1n) is 26.6. The Morgan fingerprint density at radius 2 is 0.805 bits per heavy atom. The number of benzene rings is 2. The van der Waals surface area contributed by atoms with E-state index in [1.54, 1.807) is 65.5 Å². The van der Waals surface area contributed by atoms with Gasteiger partial charge in [-0.1, -0.05) is 110 Å². The minimum absolute atomic E-state index is 0.0708. The van der Waals surface area contributed by atoms with Gasteiger partial charge in [0.25, 0.3) is 23.6 Å². The van der Waals surface area contributed by atoms with Crippen molar-refractivity contribution in [1.29, 1.82) is 0 Å². The monoisotopic (exact) mass is 1070 g/mol. The zero-order valence-corrected chi connectivity index (χ0v) is 47.7. The van der Waals surface area contributed by atoms with Gasteiger partial charge in [-0.2, -0.15) is 5.10 Å². The van der Waals surface area contributed by atoms with Crippen molar-refractivity contribution in [2.75, 3.05) is 28.2 Å². The minimum atomic E-state index is -1.56. The fourth-order valence-corrected chi connectivity index (χ4v) is 9.12. The quantitative estimate of drug-likeness (QED) is 0.0952. The number of hydrogen-bond acceptors (Lipinski definition) is 14. The summed E-state index contributed by atoms with van der Waals surface area (Å²) in [6.07, 6.45) is -2.84. The van der Waals surface area contributed by atoms with Crippen LogP contribution in [0.25, 0.3) is 0 Å². The summed E-state index contributed by atoms with van der Waals surface area (Å²) < 4.78 is 25.6. The Morgan fingerprint density at radius 1 is 0.481 bits per heavy atom. The molecule has 1 aromatic heterocycles. The van der Waals surface area contributed by atoms with Gasteiger partial charge in [0.15, 0.2) is 30.2 Å². The molecule has 0 N–H and O–H groups in total. The van der Waals surface area contributed by atoms with Crippen LogP contribution in [0.5, 0.6) is 0 Å². The summed E-state index contributed by atoms with van der Waals surface area (Å²) in [5.74, 6) is -7.60. The molecule has 4 rings (SSSR count). The van der Waals surface area contributed by atoms with Gasteiger partial charge in [0.2, 0.25) is 0 Å². The Kier molecular flexibility index (Phi) is 23.1. The Bertz CT molecular complexity index is 2510. The molecule has 3 aromatic rings. The van der Waals surface area contributed by atoms with Crippen molar-refractivity contribution >= 4 is 53.3 Å². The van der Waals surface area contributed by atoms with Gasteiger partial charge in [-0.15, -0.1) is 0 Å². The molecule has 0 radical (unpaired) electrons. The summed E-state index contributed by atoms with van der Waals surface area (Å²) in [6, 6.07) is 10.8. The topological polar surface area (TPSA) is 221 Å². The van der Waals surface area contributed by atoms with Crippen LogP contribution in [0.2, 0.25) is 0 Å². The minimum Gasteiger partial charge on any atom is -0.451 e. The first-order chi connectivity index (χ1) is 36.1. The van der Waals surface area contributed by atoms with Gasteiger partial charge in [0.1, 0.15) is 24.2 Å². The van der Waals surface area contributed by atoms with Crippen molar-refractivity contribution in [2.24, 2.45) is 23.7 Å². The van der Waals surface area contributed by atoms with Crippen molar-refractivity contribution in [3.63, 3.8) is 0 Å². The molecule has 2 heterocycles. The summed E-state index contributed by atoms with van der Waals surface area (Å²) in [6.45, 7) is 19.2. The first kappa shape index (κ1) is 62.6. The Morgan fingerprint density at radius 3 is 1.14 bits per heavy atom. The number of carbonyl (C=O) groups is 9. The number of carbonyl (C=O) groups excluding carboxylic acids is 9. The second-order valence-electron chi connectivity index (χ2n) is 22.1. The van der Waals surface area contributed by atoms with Crippen LogP contribution in [0.3, 0.4) is 0 Å². The van der Waals surface area contributed by atoms with Crippen molar-refractivity contribution in [3.8, 4) is 0 Å². The van der Waals surface area contributed by atoms with E-state index in [4.69, 9.17) is 18.9 Å². The molecule has 0 aliphatic carbocycles. The molecule has 0 saturated carbocycles. The molecular weight excluding hydrogens is 989 g/mol. The Balaban J connectivity index is 1.85. The summed E-state index contributed by atoms with van der Waals surface area (Å²) in [5.41, 5.74) is 2.48. The van der Waals surface area contributed by atoms with Crippen molar-refractivity contribution < 1.29 is 62.1 Å². The van der Waals surface area contributed by atoms with Crippen molar-refractivity contribution in [3.05, 3.63) is 89.2 Å². The van der Waals surface area contributed by atoms with E-state index in [1.807, 2.05) is 55.4 Å². The maximum absolute atomic E-state index is 15.0. The summed E-state index contributed by atoms with van der Waals surface area (Å²) in [4.78, 5) is 133. The fraction of sp³-hybridized carbons (Fsp3) is 0.586. The van der Waals surface area contributed by atoms with Gasteiger partial charge in [-0.05, 0) is 86.8 Å². The summed E-state index contributed by atoms with van der Waals surface area (Å²) in [5, 5.41) is 4.27. The van der Waals surface area contributed by atoms with E-state index in [0.29, 0.717) is 23.2 Å². The first-order valence-corrected chi connectivity index (χ1v) is 26.6. The van der Waals surface area contributed by atoms with Crippen LogP contribution < -0.4 is 0 Å². The second kappa shape index (κ2) is 28.5. The molecule has 77 heavy (non-hydrogen) atoms. The van der Waals surface area contributed by atoms with Crippen LogP contribution in [0.15, 0.2) is 67.0 Å². The number of nitrogens with zero attached hydrogens (tertiary/aromatic N) is 6. The second-order valence-corrected chi connectivity index (χ2v) is 22.1. The number of rotatable bonds is 15. The third-order valence-electron chi connectivity index (χ3n) is 13.6. The van der Waals surface area contributed by atoms with Crippen LogP contribution >= 0.6 is 0 Å². The zero-order valence-electron chi connectivity index (χ0n) is 47.7. The summed E-state index contributed by atoms with van der Waals surface area (Å²) in [7, 11) is 5.52. The van der Waals surface area contributed by atoms with Crippen LogP contribution in [-0.4, -0.2) is 159 Å². The number of hydrogen-bond donors (Lipinski definition) is 0. The lowest BCUT2D eigenvalue weighted by Gasteiger charge is -2.35. The number of ketones is 1. The summed E-state index contributed by atoms with van der Waals surface area (Å²) >= 11 is 0. The SMILES string of the molecule is CC(=O)c1cnn(Cc2ccc(C[C@H]3OC(=O)[C@H](CC(C)C)N(C)C(=O)[C@@H](C)OC(=O)[C@H](CC(C)C)N(C)C(=O)[C@@H](Cc4ccccc4)OC(=O)[C@H](CC(C)C)N(C)C(=O)[C@@H](C)OC(=O)[C@H](CC(C)C)N(C)C3=O)cc2)c1. The molecule has 422 valence electrons. The highest BCUT2D eigenvalue weighted by atomic mass is 16.6. The lowest BCUT2D eigenvalue weighted by atomic mass is 9.99. The molecule has 0 unspecified atom stereocenters. The van der Waals surface area contributed by atoms with E-state index in [0.717, 1.165) is 25.2 Å². The average Bonchev–Trinajstić information content (AvgIpc) is 3.85. The molecule has 1 fully saturated rings. The number of ether oxygens (including phenoxy) is 4. The number of esters is 4. The van der Waals surface area contributed by atoms with E-state index in [-0.39, 0.29) is 68.0 Å². The number of Topliss-reactive ketones (excluding diaryl/α,β-unsaturated/α-hetero) is 1. The third-order valence-corrected chi connectivity index (χ3v) is 13.6. The smallest absolute Gasteiger partial charge is 0.329 e. The molecule has 19 heteroatoms. The average molecular weight is 1070 g/mol. The van der Waals surface area contributed by atoms with Crippen LogP contribution in [0.1, 0.15) is 129 Å². The Hall–Kier alpha value is -6.92. The molecular formula is C58H82N6O13. The Labute approximate surface area is 454 Å². The molecule has 0 spiro atoms. The number of amides is 4. The van der Waals surface area contributed by atoms with Crippen LogP contribution in [0, 0.1) is 23.7 Å². The molecule has 19 nitrogen and oxygen atoms in total. The van der Waals surface area contributed by atoms with E-state index < -0.39 is 96.1 Å². The molecule has 1 aliphatic rings. The lowest BCUT2D eigenvalue weighted by molar-refractivity contribution is -0.176. The fourth-order valence-electron chi connectivity index (χ4n) is 9.12. The largest absolute Gasteiger partial charge is 0.451 e. The highest BCUT2D eigenvalue weighted by Crippen LogP contribution is 2.24. The van der Waals surface area contributed by atoms with Gasteiger partial charge < -0.3 is 38.5 Å². The predicted molar refractivity (Wildman–Crippen MR) is 287 cm³/mol. The van der Waals surface area contributed by atoms with Gasteiger partial charge in [-0.3, -0.25) is 28.7 Å².